The van der Waals surface area contributed by atoms with Gasteiger partial charge >= 0.3 is 0 Å². The van der Waals surface area contributed by atoms with Crippen molar-refractivity contribution >= 4 is 29.1 Å². The molecule has 0 atom stereocenters. The van der Waals surface area contributed by atoms with Crippen molar-refractivity contribution < 1.29 is 4.79 Å². The Kier molecular flexibility index (Phi) is 5.16. The Hall–Kier alpha value is -1.62. The van der Waals surface area contributed by atoms with Gasteiger partial charge in [-0.3, -0.25) is 9.69 Å². The highest BCUT2D eigenvalue weighted by atomic mass is 35.5. The number of pyridine rings is 1. The SMILES string of the molecule is O=C(c1ccc(Cl)cc1)N1CCN(Cc2ccnc(Cl)c2)CC1. The molecule has 2 aromatic rings. The predicted octanol–water partition coefficient (Wildman–Crippen LogP) is 3.35. The summed E-state index contributed by atoms with van der Waals surface area (Å²) in [6.45, 7) is 3.96. The summed E-state index contributed by atoms with van der Waals surface area (Å²) in [6, 6.07) is 10.9. The molecule has 1 aromatic heterocycles. The highest BCUT2D eigenvalue weighted by Crippen LogP contribution is 2.15. The van der Waals surface area contributed by atoms with E-state index in [0.717, 1.165) is 38.3 Å². The van der Waals surface area contributed by atoms with E-state index >= 15 is 0 Å². The van der Waals surface area contributed by atoms with Crippen LogP contribution in [0, 0.1) is 0 Å². The maximum atomic E-state index is 12.5. The Morgan fingerprint density at radius 2 is 1.74 bits per heavy atom. The van der Waals surface area contributed by atoms with E-state index in [9.17, 15) is 4.79 Å². The van der Waals surface area contributed by atoms with Crippen LogP contribution in [-0.2, 0) is 6.54 Å². The van der Waals surface area contributed by atoms with Gasteiger partial charge in [0.1, 0.15) is 5.15 Å². The largest absolute Gasteiger partial charge is 0.336 e. The monoisotopic (exact) mass is 349 g/mol. The molecule has 1 saturated heterocycles. The summed E-state index contributed by atoms with van der Waals surface area (Å²) in [5.41, 5.74) is 1.83. The van der Waals surface area contributed by atoms with Crippen LogP contribution in [-0.4, -0.2) is 46.9 Å². The van der Waals surface area contributed by atoms with Gasteiger partial charge in [0.25, 0.3) is 5.91 Å². The summed E-state index contributed by atoms with van der Waals surface area (Å²) in [5.74, 6) is 0.0632. The summed E-state index contributed by atoms with van der Waals surface area (Å²) < 4.78 is 0. The third-order valence-electron chi connectivity index (χ3n) is 3.95. The molecule has 1 fully saturated rings. The topological polar surface area (TPSA) is 36.4 Å². The molecule has 0 radical (unpaired) electrons. The molecule has 0 bridgehead atoms. The van der Waals surface area contributed by atoms with Gasteiger partial charge in [-0.1, -0.05) is 23.2 Å². The minimum absolute atomic E-state index is 0.0632. The van der Waals surface area contributed by atoms with Crippen molar-refractivity contribution in [2.24, 2.45) is 0 Å². The maximum Gasteiger partial charge on any atom is 0.253 e. The number of benzene rings is 1. The van der Waals surface area contributed by atoms with Gasteiger partial charge < -0.3 is 4.90 Å². The lowest BCUT2D eigenvalue weighted by molar-refractivity contribution is 0.0628. The van der Waals surface area contributed by atoms with Gasteiger partial charge in [-0.2, -0.15) is 0 Å². The molecule has 1 aliphatic heterocycles. The molecule has 2 heterocycles. The van der Waals surface area contributed by atoms with Gasteiger partial charge in [-0.05, 0) is 42.0 Å². The van der Waals surface area contributed by atoms with Gasteiger partial charge in [0.15, 0.2) is 0 Å². The van der Waals surface area contributed by atoms with Crippen molar-refractivity contribution in [1.29, 1.82) is 0 Å². The van der Waals surface area contributed by atoms with Crippen molar-refractivity contribution in [3.8, 4) is 0 Å². The van der Waals surface area contributed by atoms with Crippen LogP contribution in [0.15, 0.2) is 42.6 Å². The molecule has 4 nitrogen and oxygen atoms in total. The van der Waals surface area contributed by atoms with E-state index in [1.165, 1.54) is 0 Å². The summed E-state index contributed by atoms with van der Waals surface area (Å²) >= 11 is 11.8. The van der Waals surface area contributed by atoms with E-state index in [1.54, 1.807) is 30.5 Å². The molecule has 0 unspecified atom stereocenters. The average molecular weight is 350 g/mol. The zero-order valence-electron chi connectivity index (χ0n) is 12.6. The van der Waals surface area contributed by atoms with Crippen molar-refractivity contribution in [3.63, 3.8) is 0 Å². The van der Waals surface area contributed by atoms with Crippen LogP contribution in [0.3, 0.4) is 0 Å². The van der Waals surface area contributed by atoms with Crippen LogP contribution in [0.4, 0.5) is 0 Å². The van der Waals surface area contributed by atoms with E-state index in [2.05, 4.69) is 9.88 Å². The number of halogens is 2. The molecule has 1 aliphatic rings. The number of nitrogens with zero attached hydrogens (tertiary/aromatic N) is 3. The maximum absolute atomic E-state index is 12.5. The molecular weight excluding hydrogens is 333 g/mol. The molecule has 1 aromatic carbocycles. The number of rotatable bonds is 3. The number of aromatic nitrogens is 1. The van der Waals surface area contributed by atoms with Crippen molar-refractivity contribution in [2.75, 3.05) is 26.2 Å². The number of carbonyl (C=O) groups is 1. The molecule has 0 N–H and O–H groups in total. The minimum atomic E-state index is 0.0632. The highest BCUT2D eigenvalue weighted by Gasteiger charge is 2.22. The molecule has 120 valence electrons. The first kappa shape index (κ1) is 16.2. The summed E-state index contributed by atoms with van der Waals surface area (Å²) in [7, 11) is 0. The first-order valence-electron chi connectivity index (χ1n) is 7.49. The van der Waals surface area contributed by atoms with E-state index < -0.39 is 0 Å². The molecule has 6 heteroatoms. The fraction of sp³-hybridized carbons (Fsp3) is 0.294. The number of hydrogen-bond donors (Lipinski definition) is 0. The summed E-state index contributed by atoms with van der Waals surface area (Å²) in [4.78, 5) is 20.7. The minimum Gasteiger partial charge on any atom is -0.336 e. The van der Waals surface area contributed by atoms with Gasteiger partial charge in [0, 0.05) is 49.5 Å². The standard InChI is InChI=1S/C17H17Cl2N3O/c18-15-3-1-14(2-4-15)17(23)22-9-7-21(8-10-22)12-13-5-6-20-16(19)11-13/h1-6,11H,7-10,12H2. The Balaban J connectivity index is 1.55. The molecule has 3 rings (SSSR count). The second kappa shape index (κ2) is 7.30. The zero-order chi connectivity index (χ0) is 16.2. The molecular formula is C17H17Cl2N3O. The van der Waals surface area contributed by atoms with Crippen LogP contribution in [0.2, 0.25) is 10.2 Å². The van der Waals surface area contributed by atoms with E-state index in [0.29, 0.717) is 15.7 Å². The van der Waals surface area contributed by atoms with Gasteiger partial charge in [0.05, 0.1) is 0 Å². The third kappa shape index (κ3) is 4.22. The normalized spacial score (nSPS) is 15.7. The van der Waals surface area contributed by atoms with E-state index in [4.69, 9.17) is 23.2 Å². The summed E-state index contributed by atoms with van der Waals surface area (Å²) in [6.07, 6.45) is 1.72. The van der Waals surface area contributed by atoms with Gasteiger partial charge in [-0.15, -0.1) is 0 Å². The van der Waals surface area contributed by atoms with E-state index in [-0.39, 0.29) is 5.91 Å². The van der Waals surface area contributed by atoms with Crippen molar-refractivity contribution in [3.05, 3.63) is 63.9 Å². The van der Waals surface area contributed by atoms with Crippen LogP contribution in [0.25, 0.3) is 0 Å². The fourth-order valence-corrected chi connectivity index (χ4v) is 3.01. The van der Waals surface area contributed by atoms with Crippen LogP contribution in [0.5, 0.6) is 0 Å². The number of hydrogen-bond acceptors (Lipinski definition) is 3. The molecule has 0 spiro atoms. The number of amides is 1. The summed E-state index contributed by atoms with van der Waals surface area (Å²) in [5, 5.41) is 1.15. The number of carbonyl (C=O) groups excluding carboxylic acids is 1. The zero-order valence-corrected chi connectivity index (χ0v) is 14.1. The third-order valence-corrected chi connectivity index (χ3v) is 4.41. The van der Waals surface area contributed by atoms with E-state index in [1.807, 2.05) is 17.0 Å². The quantitative estimate of drug-likeness (QED) is 0.797. The smallest absolute Gasteiger partial charge is 0.253 e. The average Bonchev–Trinajstić information content (AvgIpc) is 2.56. The Morgan fingerprint density at radius 3 is 2.39 bits per heavy atom. The van der Waals surface area contributed by atoms with Gasteiger partial charge in [0.2, 0.25) is 0 Å². The number of piperazine rings is 1. The molecule has 1 amide bonds. The highest BCUT2D eigenvalue weighted by molar-refractivity contribution is 6.30. The second-order valence-corrected chi connectivity index (χ2v) is 6.39. The first-order chi connectivity index (χ1) is 11.1. The van der Waals surface area contributed by atoms with Crippen LogP contribution < -0.4 is 0 Å². The molecule has 23 heavy (non-hydrogen) atoms. The van der Waals surface area contributed by atoms with Crippen molar-refractivity contribution in [2.45, 2.75) is 6.54 Å². The Labute approximate surface area is 145 Å². The lowest BCUT2D eigenvalue weighted by Gasteiger charge is -2.34. The van der Waals surface area contributed by atoms with Crippen LogP contribution >= 0.6 is 23.2 Å². The van der Waals surface area contributed by atoms with Crippen LogP contribution in [0.1, 0.15) is 15.9 Å². The Morgan fingerprint density at radius 1 is 1.04 bits per heavy atom. The lowest BCUT2D eigenvalue weighted by Crippen LogP contribution is -2.48. The van der Waals surface area contributed by atoms with Crippen molar-refractivity contribution in [1.82, 2.24) is 14.8 Å². The predicted molar refractivity (Wildman–Crippen MR) is 91.9 cm³/mol. The fourth-order valence-electron chi connectivity index (χ4n) is 2.68. The Bertz CT molecular complexity index is 682. The first-order valence-corrected chi connectivity index (χ1v) is 8.25. The second-order valence-electron chi connectivity index (χ2n) is 5.56. The lowest BCUT2D eigenvalue weighted by atomic mass is 10.1. The van der Waals surface area contributed by atoms with Gasteiger partial charge in [-0.25, -0.2) is 4.98 Å². The molecule has 0 saturated carbocycles. The molecule has 0 aliphatic carbocycles.